The molecule has 0 aromatic rings. The number of esters is 1. The van der Waals surface area contributed by atoms with Gasteiger partial charge in [-0.05, 0) is 6.42 Å². The SMILES string of the molecule is COCCN(CCCOC(=O)/C=C/C(=O)O)CCOC. The minimum absolute atomic E-state index is 0.249. The van der Waals surface area contributed by atoms with Gasteiger partial charge < -0.3 is 19.3 Å². The lowest BCUT2D eigenvalue weighted by Crippen LogP contribution is -2.32. The van der Waals surface area contributed by atoms with Gasteiger partial charge in [-0.15, -0.1) is 0 Å². The van der Waals surface area contributed by atoms with Gasteiger partial charge in [0.25, 0.3) is 0 Å². The third kappa shape index (κ3) is 11.6. The van der Waals surface area contributed by atoms with E-state index in [-0.39, 0.29) is 6.61 Å². The number of carboxylic acid groups (broad SMARTS) is 1. The first-order valence-electron chi connectivity index (χ1n) is 6.38. The summed E-state index contributed by atoms with van der Waals surface area (Å²) < 4.78 is 14.9. The van der Waals surface area contributed by atoms with Crippen LogP contribution in [-0.4, -0.2) is 75.6 Å². The molecule has 20 heavy (non-hydrogen) atoms. The van der Waals surface area contributed by atoms with E-state index in [0.29, 0.717) is 19.6 Å². The van der Waals surface area contributed by atoms with E-state index in [2.05, 4.69) is 4.90 Å². The van der Waals surface area contributed by atoms with E-state index in [1.165, 1.54) is 0 Å². The van der Waals surface area contributed by atoms with Crippen LogP contribution in [-0.2, 0) is 23.8 Å². The van der Waals surface area contributed by atoms with Crippen LogP contribution in [0.2, 0.25) is 0 Å². The third-order valence-corrected chi connectivity index (χ3v) is 2.45. The second kappa shape index (κ2) is 12.6. The number of hydrogen-bond donors (Lipinski definition) is 1. The number of ether oxygens (including phenoxy) is 3. The maximum atomic E-state index is 11.1. The van der Waals surface area contributed by atoms with Gasteiger partial charge in [-0.3, -0.25) is 4.90 Å². The normalized spacial score (nSPS) is 11.2. The highest BCUT2D eigenvalue weighted by Gasteiger charge is 2.05. The molecule has 0 fully saturated rings. The summed E-state index contributed by atoms with van der Waals surface area (Å²) in [7, 11) is 3.29. The van der Waals surface area contributed by atoms with Crippen LogP contribution in [0.15, 0.2) is 12.2 Å². The zero-order chi connectivity index (χ0) is 15.2. The molecule has 7 nitrogen and oxygen atoms in total. The molecule has 0 aliphatic carbocycles. The van der Waals surface area contributed by atoms with Crippen LogP contribution >= 0.6 is 0 Å². The Labute approximate surface area is 119 Å². The molecule has 0 heterocycles. The number of nitrogens with zero attached hydrogens (tertiary/aromatic N) is 1. The molecule has 0 aromatic carbocycles. The average molecular weight is 289 g/mol. The van der Waals surface area contributed by atoms with Gasteiger partial charge >= 0.3 is 11.9 Å². The van der Waals surface area contributed by atoms with Crippen molar-refractivity contribution in [3.63, 3.8) is 0 Å². The van der Waals surface area contributed by atoms with Crippen molar-refractivity contribution in [2.75, 3.05) is 53.7 Å². The maximum absolute atomic E-state index is 11.1. The van der Waals surface area contributed by atoms with Crippen LogP contribution in [0.4, 0.5) is 0 Å². The first-order valence-corrected chi connectivity index (χ1v) is 6.38. The first-order chi connectivity index (χ1) is 9.60. The molecule has 0 saturated heterocycles. The zero-order valence-electron chi connectivity index (χ0n) is 12.0. The Balaban J connectivity index is 3.80. The van der Waals surface area contributed by atoms with Gasteiger partial charge in [-0.2, -0.15) is 0 Å². The van der Waals surface area contributed by atoms with Gasteiger partial charge in [0.05, 0.1) is 19.8 Å². The van der Waals surface area contributed by atoms with E-state index in [1.54, 1.807) is 14.2 Å². The summed E-state index contributed by atoms with van der Waals surface area (Å²) in [5, 5.41) is 8.35. The predicted molar refractivity (Wildman–Crippen MR) is 72.5 cm³/mol. The lowest BCUT2D eigenvalue weighted by atomic mass is 10.4. The van der Waals surface area contributed by atoms with Crippen molar-refractivity contribution in [3.8, 4) is 0 Å². The van der Waals surface area contributed by atoms with Crippen LogP contribution in [0.3, 0.4) is 0 Å². The van der Waals surface area contributed by atoms with Crippen LogP contribution in [0.25, 0.3) is 0 Å². The highest BCUT2D eigenvalue weighted by Crippen LogP contribution is 1.94. The Hall–Kier alpha value is -1.44. The minimum atomic E-state index is -1.17. The number of rotatable bonds is 12. The number of carbonyl (C=O) groups is 2. The Morgan fingerprint density at radius 1 is 1.00 bits per heavy atom. The number of hydrogen-bond acceptors (Lipinski definition) is 6. The van der Waals surface area contributed by atoms with E-state index < -0.39 is 11.9 Å². The molecule has 0 radical (unpaired) electrons. The summed E-state index contributed by atoms with van der Waals surface area (Å²) in [6.07, 6.45) is 2.32. The molecule has 0 bridgehead atoms. The molecular formula is C13H23NO6. The van der Waals surface area contributed by atoms with E-state index >= 15 is 0 Å². The largest absolute Gasteiger partial charge is 0.478 e. The van der Waals surface area contributed by atoms with Gasteiger partial charge in [0.15, 0.2) is 0 Å². The number of aliphatic carboxylic acids is 1. The van der Waals surface area contributed by atoms with E-state index in [9.17, 15) is 9.59 Å². The average Bonchev–Trinajstić information content (AvgIpc) is 2.43. The lowest BCUT2D eigenvalue weighted by Gasteiger charge is -2.21. The van der Waals surface area contributed by atoms with Gasteiger partial charge in [-0.1, -0.05) is 0 Å². The summed E-state index contributed by atoms with van der Waals surface area (Å²) in [5.74, 6) is -1.82. The molecular weight excluding hydrogens is 266 g/mol. The highest BCUT2D eigenvalue weighted by atomic mass is 16.5. The minimum Gasteiger partial charge on any atom is -0.478 e. The summed E-state index contributed by atoms with van der Waals surface area (Å²) in [6.45, 7) is 3.83. The number of carbonyl (C=O) groups excluding carboxylic acids is 1. The summed E-state index contributed by atoms with van der Waals surface area (Å²) >= 11 is 0. The van der Waals surface area contributed by atoms with Gasteiger partial charge in [0.2, 0.25) is 0 Å². The fraction of sp³-hybridized carbons (Fsp3) is 0.692. The highest BCUT2D eigenvalue weighted by molar-refractivity contribution is 5.90. The molecule has 0 aliphatic heterocycles. The Morgan fingerprint density at radius 2 is 1.60 bits per heavy atom. The van der Waals surface area contributed by atoms with Crippen molar-refractivity contribution < 1.29 is 28.9 Å². The van der Waals surface area contributed by atoms with Gasteiger partial charge in [0.1, 0.15) is 0 Å². The maximum Gasteiger partial charge on any atom is 0.331 e. The zero-order valence-corrected chi connectivity index (χ0v) is 12.0. The molecule has 0 aliphatic rings. The molecule has 116 valence electrons. The van der Waals surface area contributed by atoms with Crippen LogP contribution in [0, 0.1) is 0 Å². The fourth-order valence-electron chi connectivity index (χ4n) is 1.42. The van der Waals surface area contributed by atoms with Crippen molar-refractivity contribution in [3.05, 3.63) is 12.2 Å². The van der Waals surface area contributed by atoms with Crippen molar-refractivity contribution in [1.29, 1.82) is 0 Å². The number of methoxy groups -OCH3 is 2. The molecule has 0 atom stereocenters. The number of carboxylic acids is 1. The van der Waals surface area contributed by atoms with E-state index in [0.717, 1.165) is 31.8 Å². The Bertz CT molecular complexity index is 297. The quantitative estimate of drug-likeness (QED) is 0.311. The monoisotopic (exact) mass is 289 g/mol. The standard InChI is InChI=1S/C13H23NO6/c1-18-10-7-14(8-11-19-2)6-3-9-20-13(17)5-4-12(15)16/h4-5H,3,6-11H2,1-2H3,(H,15,16)/b5-4+. The molecule has 0 unspecified atom stereocenters. The van der Waals surface area contributed by atoms with Crippen molar-refractivity contribution in [2.24, 2.45) is 0 Å². The van der Waals surface area contributed by atoms with Gasteiger partial charge in [-0.25, -0.2) is 9.59 Å². The van der Waals surface area contributed by atoms with Crippen molar-refractivity contribution in [1.82, 2.24) is 4.90 Å². The summed E-state index contributed by atoms with van der Waals surface area (Å²) in [5.41, 5.74) is 0. The van der Waals surface area contributed by atoms with Crippen molar-refractivity contribution in [2.45, 2.75) is 6.42 Å². The Morgan fingerprint density at radius 3 is 2.10 bits per heavy atom. The molecule has 0 amide bonds. The molecule has 7 heteroatoms. The fourth-order valence-corrected chi connectivity index (χ4v) is 1.42. The second-order valence-electron chi connectivity index (χ2n) is 4.02. The molecule has 0 spiro atoms. The topological polar surface area (TPSA) is 85.3 Å². The third-order valence-electron chi connectivity index (χ3n) is 2.45. The Kier molecular flexibility index (Phi) is 11.7. The van der Waals surface area contributed by atoms with Crippen LogP contribution in [0.1, 0.15) is 6.42 Å². The van der Waals surface area contributed by atoms with E-state index in [4.69, 9.17) is 19.3 Å². The van der Waals surface area contributed by atoms with Crippen LogP contribution in [0.5, 0.6) is 0 Å². The summed E-state index contributed by atoms with van der Waals surface area (Å²) in [6, 6.07) is 0. The lowest BCUT2D eigenvalue weighted by molar-refractivity contribution is -0.138. The van der Waals surface area contributed by atoms with E-state index in [1.807, 2.05) is 0 Å². The first kappa shape index (κ1) is 18.6. The summed E-state index contributed by atoms with van der Waals surface area (Å²) in [4.78, 5) is 23.5. The second-order valence-corrected chi connectivity index (χ2v) is 4.02. The predicted octanol–water partition coefficient (Wildman–Crippen LogP) is 0.155. The molecule has 1 N–H and O–H groups in total. The van der Waals surface area contributed by atoms with Crippen LogP contribution < -0.4 is 0 Å². The van der Waals surface area contributed by atoms with Crippen molar-refractivity contribution >= 4 is 11.9 Å². The molecule has 0 aromatic heterocycles. The molecule has 0 saturated carbocycles. The molecule has 0 rings (SSSR count). The van der Waals surface area contributed by atoms with Gasteiger partial charge in [0, 0.05) is 46.0 Å². The smallest absolute Gasteiger partial charge is 0.331 e.